The zero-order valence-electron chi connectivity index (χ0n) is 22.6. The molecule has 0 saturated carbocycles. The summed E-state index contributed by atoms with van der Waals surface area (Å²) in [5.74, 6) is 0.572. The minimum atomic E-state index is -3.91. The van der Waals surface area contributed by atoms with Crippen molar-refractivity contribution in [1.29, 1.82) is 0 Å². The fraction of sp³-hybridized carbons (Fsp3) is 0.296. The Labute approximate surface area is 249 Å². The van der Waals surface area contributed by atoms with Gasteiger partial charge in [-0.05, 0) is 42.5 Å². The maximum Gasteiger partial charge on any atom is 0.265 e. The molecule has 1 aromatic heterocycles. The summed E-state index contributed by atoms with van der Waals surface area (Å²) in [6.07, 6.45) is 0.452. The fourth-order valence-electron chi connectivity index (χ4n) is 4.41. The summed E-state index contributed by atoms with van der Waals surface area (Å²) >= 11 is 0.938. The van der Waals surface area contributed by atoms with Crippen LogP contribution in [0.2, 0.25) is 0 Å². The van der Waals surface area contributed by atoms with E-state index < -0.39 is 40.8 Å². The fourth-order valence-corrected chi connectivity index (χ4v) is 6.10. The lowest BCUT2D eigenvalue weighted by atomic mass is 10.1. The second-order valence-corrected chi connectivity index (χ2v) is 12.6. The molecule has 6 N–H and O–H groups in total. The van der Waals surface area contributed by atoms with E-state index in [0.29, 0.717) is 33.2 Å². The third-order valence-corrected chi connectivity index (χ3v) is 8.87. The number of hydrogen-bond donors (Lipinski definition) is 4. The highest BCUT2D eigenvalue weighted by Crippen LogP contribution is 2.28. The number of nitrogens with two attached hydrogens (primary N) is 2. The number of primary sulfonamides is 1. The number of aromatic nitrogens is 1. The molecule has 13 nitrogen and oxygen atoms in total. The topological polar surface area (TPSA) is 187 Å². The number of carbonyl (C=O) groups excluding carboxylic acids is 2. The lowest BCUT2D eigenvalue weighted by Crippen LogP contribution is -2.80. The number of halogens is 1. The normalized spacial score (nSPS) is 19.6. The zero-order chi connectivity index (χ0) is 30.7. The maximum absolute atomic E-state index is 13.1. The van der Waals surface area contributed by atoms with Crippen LogP contribution in [0.15, 0.2) is 71.1 Å². The first-order valence-electron chi connectivity index (χ1n) is 13.0. The van der Waals surface area contributed by atoms with E-state index in [0.717, 1.165) is 16.9 Å². The Hall–Kier alpha value is -3.93. The number of nitrogens with one attached hydrogen (secondary N) is 1. The van der Waals surface area contributed by atoms with Gasteiger partial charge < -0.3 is 24.6 Å². The summed E-state index contributed by atoms with van der Waals surface area (Å²) in [5, 5.41) is 18.8. The monoisotopic (exact) mass is 634 g/mol. The predicted molar refractivity (Wildman–Crippen MR) is 152 cm³/mol. The summed E-state index contributed by atoms with van der Waals surface area (Å²) in [7, 11) is -3.91. The van der Waals surface area contributed by atoms with Gasteiger partial charge >= 0.3 is 0 Å². The Bertz CT molecular complexity index is 1680. The zero-order valence-corrected chi connectivity index (χ0v) is 24.3. The number of ketones is 1. The van der Waals surface area contributed by atoms with Crippen LogP contribution in [0.4, 0.5) is 4.39 Å². The molecule has 3 aromatic rings. The van der Waals surface area contributed by atoms with Crippen LogP contribution in [0, 0.1) is 0 Å². The van der Waals surface area contributed by atoms with Gasteiger partial charge in [-0.25, -0.2) is 22.9 Å². The summed E-state index contributed by atoms with van der Waals surface area (Å²) in [5.41, 5.74) is 1.94. The van der Waals surface area contributed by atoms with Crippen molar-refractivity contribution in [2.24, 2.45) is 5.14 Å². The number of carbonyl (C=O) groups is 2. The highest BCUT2D eigenvalue weighted by atomic mass is 32.2. The highest BCUT2D eigenvalue weighted by Gasteiger charge is 2.47. The van der Waals surface area contributed by atoms with Crippen molar-refractivity contribution in [2.45, 2.75) is 29.1 Å². The molecule has 3 atom stereocenters. The first-order chi connectivity index (χ1) is 20.5. The van der Waals surface area contributed by atoms with E-state index in [-0.39, 0.29) is 36.6 Å². The molecule has 43 heavy (non-hydrogen) atoms. The number of aliphatic hydroxyl groups excluding tert-OH is 1. The Balaban J connectivity index is 1.13. The van der Waals surface area contributed by atoms with E-state index >= 15 is 0 Å². The molecule has 0 aliphatic carbocycles. The van der Waals surface area contributed by atoms with E-state index in [1.165, 1.54) is 4.90 Å². The first-order valence-corrected chi connectivity index (χ1v) is 15.3. The number of aliphatic hydroxyl groups is 1. The number of nitrogens with zero attached hydrogens (tertiary/aromatic N) is 2. The van der Waals surface area contributed by atoms with E-state index in [1.54, 1.807) is 54.0 Å². The summed E-state index contributed by atoms with van der Waals surface area (Å²) in [6.45, 7) is 3.18. The van der Waals surface area contributed by atoms with Crippen LogP contribution in [0.3, 0.4) is 0 Å². The molecule has 228 valence electrons. The molecule has 2 aromatic carbocycles. The molecule has 1 amide bonds. The number of hydrogen-bond acceptors (Lipinski definition) is 11. The van der Waals surface area contributed by atoms with Crippen LogP contribution in [-0.4, -0.2) is 79.8 Å². The lowest BCUT2D eigenvalue weighted by Gasteiger charge is -2.17. The summed E-state index contributed by atoms with van der Waals surface area (Å²) in [6, 6.07) is 9.80. The molecule has 0 bridgehead atoms. The van der Waals surface area contributed by atoms with Crippen LogP contribution < -0.4 is 25.2 Å². The third kappa shape index (κ3) is 7.18. The van der Waals surface area contributed by atoms with Crippen molar-refractivity contribution in [1.82, 2.24) is 15.2 Å². The number of amides is 1. The number of sulfonamides is 1. The quantitative estimate of drug-likeness (QED) is 0.185. The highest BCUT2D eigenvalue weighted by molar-refractivity contribution is 7.91. The van der Waals surface area contributed by atoms with E-state index in [4.69, 9.17) is 19.3 Å². The predicted octanol–water partition coefficient (Wildman–Crippen LogP) is -0.124. The summed E-state index contributed by atoms with van der Waals surface area (Å²) < 4.78 is 52.7. The van der Waals surface area contributed by atoms with Gasteiger partial charge in [0, 0.05) is 0 Å². The molecule has 2 aliphatic rings. The van der Waals surface area contributed by atoms with Crippen LogP contribution in [0.25, 0.3) is 10.2 Å². The number of benzene rings is 2. The van der Waals surface area contributed by atoms with Gasteiger partial charge in [0.15, 0.2) is 24.1 Å². The SMILES string of the molecule is C=C1[NH2+]C(COc2ccc3nc(S(N)(=O)=O)sc3c2)=CN1C1C(=O)NC(COCc2ccc(OCC(O)CF)cc2)C1=O. The van der Waals surface area contributed by atoms with Crippen molar-refractivity contribution in [2.75, 3.05) is 26.5 Å². The van der Waals surface area contributed by atoms with Gasteiger partial charge in [-0.1, -0.05) is 12.1 Å². The second kappa shape index (κ2) is 12.7. The molecular formula is C27H29FN5O8S2+. The standard InChI is InChI=1S/C27H28FN5O8S2/c1-15-30-17(12-40-20-6-7-21-23(8-20)42-27(32-21)43(29,37)38)10-33(15)24-25(35)22(31-26(24)36)14-39-11-16-2-4-19(5-3-16)41-13-18(34)9-28/h2-8,10,18,22,24,30,34H,1,9,11-14H2,(H,31,36)(H2,29,37,38)/p+1. The molecule has 0 radical (unpaired) electrons. The number of ether oxygens (including phenoxy) is 3. The Morgan fingerprint density at radius 2 is 1.91 bits per heavy atom. The Morgan fingerprint density at radius 3 is 2.63 bits per heavy atom. The lowest BCUT2D eigenvalue weighted by molar-refractivity contribution is -0.560. The molecule has 3 heterocycles. The van der Waals surface area contributed by atoms with Crippen LogP contribution >= 0.6 is 11.3 Å². The Morgan fingerprint density at radius 1 is 1.16 bits per heavy atom. The second-order valence-electron chi connectivity index (χ2n) is 9.83. The van der Waals surface area contributed by atoms with Gasteiger partial charge in [-0.2, -0.15) is 0 Å². The molecule has 2 aliphatic heterocycles. The summed E-state index contributed by atoms with van der Waals surface area (Å²) in [4.78, 5) is 31.4. The van der Waals surface area contributed by atoms with Crippen LogP contribution in [-0.2, 0) is 31.0 Å². The van der Waals surface area contributed by atoms with Gasteiger partial charge in [0.25, 0.3) is 15.9 Å². The molecule has 5 rings (SSSR count). The number of fused-ring (bicyclic) bond motifs is 1. The van der Waals surface area contributed by atoms with Crippen LogP contribution in [0.1, 0.15) is 5.56 Å². The van der Waals surface area contributed by atoms with E-state index in [1.807, 2.05) is 0 Å². The molecule has 1 fully saturated rings. The van der Waals surface area contributed by atoms with Crippen molar-refractivity contribution >= 4 is 43.3 Å². The Kier molecular flexibility index (Phi) is 9.05. The van der Waals surface area contributed by atoms with Gasteiger partial charge in [0.2, 0.25) is 10.2 Å². The molecular weight excluding hydrogens is 605 g/mol. The van der Waals surface area contributed by atoms with Crippen molar-refractivity contribution in [3.63, 3.8) is 0 Å². The van der Waals surface area contributed by atoms with Gasteiger partial charge in [0.05, 0.1) is 29.6 Å². The maximum atomic E-state index is 13.1. The number of Topliss-reactive ketones (excluding diaryl/α,β-unsaturated/α-hetero) is 1. The molecule has 1 saturated heterocycles. The minimum absolute atomic E-state index is 0.0288. The largest absolute Gasteiger partial charge is 0.491 e. The minimum Gasteiger partial charge on any atom is -0.491 e. The van der Waals surface area contributed by atoms with Crippen molar-refractivity contribution in [3.05, 3.63) is 72.3 Å². The van der Waals surface area contributed by atoms with Gasteiger partial charge in [0.1, 0.15) is 36.9 Å². The number of alkyl halides is 1. The number of thiazole rings is 1. The molecule has 3 unspecified atom stereocenters. The van der Waals surface area contributed by atoms with Crippen molar-refractivity contribution < 1.29 is 47.0 Å². The van der Waals surface area contributed by atoms with Crippen LogP contribution in [0.5, 0.6) is 11.5 Å². The van der Waals surface area contributed by atoms with Gasteiger partial charge in [-0.3, -0.25) is 19.8 Å². The van der Waals surface area contributed by atoms with E-state index in [9.17, 15) is 27.5 Å². The van der Waals surface area contributed by atoms with Crippen molar-refractivity contribution in [3.8, 4) is 11.5 Å². The number of quaternary nitrogens is 1. The number of rotatable bonds is 13. The first kappa shape index (κ1) is 30.5. The smallest absolute Gasteiger partial charge is 0.265 e. The average Bonchev–Trinajstić information content (AvgIpc) is 3.65. The third-order valence-electron chi connectivity index (χ3n) is 6.53. The van der Waals surface area contributed by atoms with Gasteiger partial charge in [-0.15, -0.1) is 11.3 Å². The molecule has 0 spiro atoms. The molecule has 16 heteroatoms. The average molecular weight is 635 g/mol. The van der Waals surface area contributed by atoms with E-state index in [2.05, 4.69) is 16.9 Å².